The summed E-state index contributed by atoms with van der Waals surface area (Å²) in [6, 6.07) is 9.34. The van der Waals surface area contributed by atoms with Crippen LogP contribution in [-0.4, -0.2) is 29.7 Å². The summed E-state index contributed by atoms with van der Waals surface area (Å²) in [5.74, 6) is -0.523. The molecule has 0 aliphatic carbocycles. The molecule has 0 saturated carbocycles. The summed E-state index contributed by atoms with van der Waals surface area (Å²) in [5.41, 5.74) is -0.115. The number of para-hydroxylation sites is 1. The summed E-state index contributed by atoms with van der Waals surface area (Å²) >= 11 is 0. The van der Waals surface area contributed by atoms with Crippen LogP contribution < -0.4 is 10.6 Å². The minimum atomic E-state index is -0.885. The minimum absolute atomic E-state index is 0.120. The van der Waals surface area contributed by atoms with Gasteiger partial charge in [-0.2, -0.15) is 0 Å². The number of hydrogen-bond donors (Lipinski definition) is 3. The van der Waals surface area contributed by atoms with Gasteiger partial charge in [-0.25, -0.2) is 0 Å². The first kappa shape index (κ1) is 13.1. The highest BCUT2D eigenvalue weighted by atomic mass is 16.3. The molecule has 0 bridgehead atoms. The van der Waals surface area contributed by atoms with E-state index in [4.69, 9.17) is 0 Å². The zero-order valence-corrected chi connectivity index (χ0v) is 10.6. The maximum absolute atomic E-state index is 12.1. The predicted molar refractivity (Wildman–Crippen MR) is 71.3 cm³/mol. The second-order valence-corrected chi connectivity index (χ2v) is 4.93. The van der Waals surface area contributed by atoms with Crippen molar-refractivity contribution in [2.24, 2.45) is 5.92 Å². The summed E-state index contributed by atoms with van der Waals surface area (Å²) in [5, 5.41) is 16.5. The number of nitrogens with one attached hydrogen (secondary N) is 2. The van der Waals surface area contributed by atoms with Crippen LogP contribution >= 0.6 is 0 Å². The SMILES string of the molecule is CC(C(=O)Nc1ccccc1)C1(O)CCNCC1. The van der Waals surface area contributed by atoms with Crippen molar-refractivity contribution in [3.8, 4) is 0 Å². The molecule has 1 heterocycles. The third-order valence-electron chi connectivity index (χ3n) is 3.71. The van der Waals surface area contributed by atoms with E-state index in [1.54, 1.807) is 6.92 Å². The number of benzene rings is 1. The largest absolute Gasteiger partial charge is 0.389 e. The summed E-state index contributed by atoms with van der Waals surface area (Å²) in [6.45, 7) is 3.32. The number of hydrogen-bond acceptors (Lipinski definition) is 3. The zero-order valence-electron chi connectivity index (χ0n) is 10.6. The average Bonchev–Trinajstić information content (AvgIpc) is 2.40. The molecule has 1 amide bonds. The number of carbonyl (C=O) groups excluding carboxylic acids is 1. The van der Waals surface area contributed by atoms with Crippen molar-refractivity contribution in [3.63, 3.8) is 0 Å². The van der Waals surface area contributed by atoms with Gasteiger partial charge in [0.25, 0.3) is 0 Å². The number of rotatable bonds is 3. The Labute approximate surface area is 107 Å². The molecular weight excluding hydrogens is 228 g/mol. The number of carbonyl (C=O) groups is 1. The first-order chi connectivity index (χ1) is 8.62. The average molecular weight is 248 g/mol. The standard InChI is InChI=1S/C14H20N2O2/c1-11(14(18)7-9-15-10-8-14)13(17)16-12-5-3-2-4-6-12/h2-6,11,15,18H,7-10H2,1H3,(H,16,17). The summed E-state index contributed by atoms with van der Waals surface area (Å²) in [6.07, 6.45) is 1.24. The van der Waals surface area contributed by atoms with Gasteiger partial charge in [-0.1, -0.05) is 25.1 Å². The monoisotopic (exact) mass is 248 g/mol. The highest BCUT2D eigenvalue weighted by Crippen LogP contribution is 2.28. The van der Waals surface area contributed by atoms with Gasteiger partial charge < -0.3 is 15.7 Å². The molecule has 1 unspecified atom stereocenters. The Bertz CT molecular complexity index is 400. The zero-order chi connectivity index (χ0) is 13.0. The lowest BCUT2D eigenvalue weighted by Crippen LogP contribution is -2.50. The van der Waals surface area contributed by atoms with Gasteiger partial charge in [-0.3, -0.25) is 4.79 Å². The van der Waals surface area contributed by atoms with E-state index in [0.29, 0.717) is 12.8 Å². The van der Waals surface area contributed by atoms with E-state index in [0.717, 1.165) is 18.8 Å². The summed E-state index contributed by atoms with van der Waals surface area (Å²) in [7, 11) is 0. The van der Waals surface area contributed by atoms with Crippen LogP contribution in [-0.2, 0) is 4.79 Å². The van der Waals surface area contributed by atoms with Gasteiger partial charge in [0.15, 0.2) is 0 Å². The van der Waals surface area contributed by atoms with Gasteiger partial charge in [0, 0.05) is 5.69 Å². The third kappa shape index (κ3) is 2.89. The molecule has 1 aliphatic heterocycles. The Hall–Kier alpha value is -1.39. The highest BCUT2D eigenvalue weighted by Gasteiger charge is 2.39. The Morgan fingerprint density at radius 1 is 1.33 bits per heavy atom. The Balaban J connectivity index is 2.00. The molecule has 4 heteroatoms. The maximum atomic E-state index is 12.1. The van der Waals surface area contributed by atoms with Crippen molar-refractivity contribution in [3.05, 3.63) is 30.3 Å². The second-order valence-electron chi connectivity index (χ2n) is 4.93. The Morgan fingerprint density at radius 2 is 1.94 bits per heavy atom. The van der Waals surface area contributed by atoms with Crippen molar-refractivity contribution in [1.82, 2.24) is 5.32 Å². The van der Waals surface area contributed by atoms with Crippen molar-refractivity contribution in [1.29, 1.82) is 0 Å². The van der Waals surface area contributed by atoms with Gasteiger partial charge in [-0.15, -0.1) is 0 Å². The first-order valence-corrected chi connectivity index (χ1v) is 6.41. The lowest BCUT2D eigenvalue weighted by Gasteiger charge is -2.36. The van der Waals surface area contributed by atoms with E-state index in [-0.39, 0.29) is 5.91 Å². The van der Waals surface area contributed by atoms with Gasteiger partial charge in [0.2, 0.25) is 5.91 Å². The molecule has 3 N–H and O–H groups in total. The van der Waals surface area contributed by atoms with Crippen LogP contribution in [0.1, 0.15) is 19.8 Å². The van der Waals surface area contributed by atoms with Gasteiger partial charge in [0.1, 0.15) is 0 Å². The first-order valence-electron chi connectivity index (χ1n) is 6.41. The molecule has 2 rings (SSSR count). The molecule has 1 aliphatic rings. The van der Waals surface area contributed by atoms with Crippen LogP contribution in [0.3, 0.4) is 0 Å². The number of amides is 1. The smallest absolute Gasteiger partial charge is 0.230 e. The van der Waals surface area contributed by atoms with Gasteiger partial charge in [-0.05, 0) is 38.1 Å². The van der Waals surface area contributed by atoms with Crippen LogP contribution in [0.4, 0.5) is 5.69 Å². The number of piperidine rings is 1. The molecule has 18 heavy (non-hydrogen) atoms. The molecular formula is C14H20N2O2. The molecule has 0 aromatic heterocycles. The van der Waals surface area contributed by atoms with E-state index in [1.165, 1.54) is 0 Å². The molecule has 1 aromatic rings. The fraction of sp³-hybridized carbons (Fsp3) is 0.500. The van der Waals surface area contributed by atoms with Crippen molar-refractivity contribution < 1.29 is 9.90 Å². The normalized spacial score (nSPS) is 20.1. The van der Waals surface area contributed by atoms with E-state index in [1.807, 2.05) is 30.3 Å². The van der Waals surface area contributed by atoms with Crippen LogP contribution in [0.5, 0.6) is 0 Å². The van der Waals surface area contributed by atoms with Crippen molar-refractivity contribution >= 4 is 11.6 Å². The predicted octanol–water partition coefficient (Wildman–Crippen LogP) is 1.38. The summed E-state index contributed by atoms with van der Waals surface area (Å²) < 4.78 is 0. The van der Waals surface area contributed by atoms with E-state index < -0.39 is 11.5 Å². The molecule has 0 radical (unpaired) electrons. The molecule has 1 atom stereocenters. The van der Waals surface area contributed by atoms with Gasteiger partial charge >= 0.3 is 0 Å². The molecule has 1 saturated heterocycles. The molecule has 4 nitrogen and oxygen atoms in total. The fourth-order valence-corrected chi connectivity index (χ4v) is 2.31. The number of aliphatic hydroxyl groups is 1. The fourth-order valence-electron chi connectivity index (χ4n) is 2.31. The van der Waals surface area contributed by atoms with Crippen LogP contribution in [0.15, 0.2) is 30.3 Å². The molecule has 1 aromatic carbocycles. The van der Waals surface area contributed by atoms with E-state index >= 15 is 0 Å². The van der Waals surface area contributed by atoms with Crippen LogP contribution in [0.2, 0.25) is 0 Å². The van der Waals surface area contributed by atoms with Crippen LogP contribution in [0, 0.1) is 5.92 Å². The van der Waals surface area contributed by atoms with E-state index in [2.05, 4.69) is 10.6 Å². The third-order valence-corrected chi connectivity index (χ3v) is 3.71. The quantitative estimate of drug-likeness (QED) is 0.757. The Kier molecular flexibility index (Phi) is 3.99. The minimum Gasteiger partial charge on any atom is -0.389 e. The highest BCUT2D eigenvalue weighted by molar-refractivity contribution is 5.93. The lowest BCUT2D eigenvalue weighted by atomic mass is 9.80. The van der Waals surface area contributed by atoms with E-state index in [9.17, 15) is 9.90 Å². The van der Waals surface area contributed by atoms with Crippen LogP contribution in [0.25, 0.3) is 0 Å². The topological polar surface area (TPSA) is 61.4 Å². The lowest BCUT2D eigenvalue weighted by molar-refractivity contribution is -0.130. The molecule has 98 valence electrons. The second kappa shape index (κ2) is 5.50. The Morgan fingerprint density at radius 3 is 2.56 bits per heavy atom. The maximum Gasteiger partial charge on any atom is 0.230 e. The molecule has 0 spiro atoms. The van der Waals surface area contributed by atoms with Crippen molar-refractivity contribution in [2.45, 2.75) is 25.4 Å². The van der Waals surface area contributed by atoms with Gasteiger partial charge in [0.05, 0.1) is 11.5 Å². The molecule has 1 fully saturated rings. The number of anilines is 1. The summed E-state index contributed by atoms with van der Waals surface area (Å²) in [4.78, 5) is 12.1. The van der Waals surface area contributed by atoms with Crippen molar-refractivity contribution in [2.75, 3.05) is 18.4 Å².